The van der Waals surface area contributed by atoms with E-state index in [-0.39, 0.29) is 23.5 Å². The molecule has 4 rings (SSSR count). The Morgan fingerprint density at radius 1 is 1.28 bits per heavy atom. The fourth-order valence-corrected chi connectivity index (χ4v) is 5.57. The number of nitrogens with zero attached hydrogens (tertiary/aromatic N) is 3. The number of aliphatic hydroxyl groups is 1. The molecule has 2 aliphatic heterocycles. The van der Waals surface area contributed by atoms with Crippen molar-refractivity contribution in [3.63, 3.8) is 0 Å². The van der Waals surface area contributed by atoms with Gasteiger partial charge in [0.2, 0.25) is 5.91 Å². The standard InChI is InChI=1S/C24H36N4O4/c1-3-13-32-23(31)26-18-14-17(2)21(25-15-18)27-11-4-9-24(16-27)10-12-28(22(24)30)19-5-7-20(29)8-6-19/h14-15,19-20,29H,3-13,16H2,1-2H3,(H,26,31)/t19-,20-,24-/m0/s1. The Balaban J connectivity index is 1.42. The number of hydrogen-bond acceptors (Lipinski definition) is 6. The van der Waals surface area contributed by atoms with Gasteiger partial charge in [0.15, 0.2) is 0 Å². The van der Waals surface area contributed by atoms with Crippen LogP contribution in [-0.4, -0.2) is 65.4 Å². The molecule has 1 atom stereocenters. The molecule has 2 amide bonds. The van der Waals surface area contributed by atoms with Crippen LogP contribution in [0.25, 0.3) is 0 Å². The second-order valence-electron chi connectivity index (χ2n) is 9.64. The number of aliphatic hydroxyl groups excluding tert-OH is 1. The van der Waals surface area contributed by atoms with Crippen LogP contribution in [0.3, 0.4) is 0 Å². The van der Waals surface area contributed by atoms with Gasteiger partial charge in [-0.3, -0.25) is 10.1 Å². The number of aryl methyl sites for hydroxylation is 1. The van der Waals surface area contributed by atoms with Crippen LogP contribution < -0.4 is 10.2 Å². The van der Waals surface area contributed by atoms with Crippen LogP contribution in [0.2, 0.25) is 0 Å². The van der Waals surface area contributed by atoms with Gasteiger partial charge < -0.3 is 19.6 Å². The van der Waals surface area contributed by atoms with E-state index in [9.17, 15) is 14.7 Å². The van der Waals surface area contributed by atoms with Gasteiger partial charge in [-0.15, -0.1) is 0 Å². The molecule has 2 N–H and O–H groups in total. The number of hydrogen-bond donors (Lipinski definition) is 2. The molecule has 32 heavy (non-hydrogen) atoms. The average Bonchev–Trinajstić information content (AvgIpc) is 3.08. The van der Waals surface area contributed by atoms with Crippen molar-refractivity contribution >= 4 is 23.5 Å². The average molecular weight is 445 g/mol. The molecule has 0 bridgehead atoms. The minimum atomic E-state index is -0.468. The number of rotatable bonds is 5. The van der Waals surface area contributed by atoms with Gasteiger partial charge in [-0.2, -0.15) is 0 Å². The van der Waals surface area contributed by atoms with Crippen LogP contribution in [0.4, 0.5) is 16.3 Å². The van der Waals surface area contributed by atoms with Gasteiger partial charge in [0, 0.05) is 25.7 Å². The monoisotopic (exact) mass is 444 g/mol. The fraction of sp³-hybridized carbons (Fsp3) is 0.708. The van der Waals surface area contributed by atoms with E-state index in [1.807, 2.05) is 19.9 Å². The number of likely N-dealkylation sites (tertiary alicyclic amines) is 1. The lowest BCUT2D eigenvalue weighted by atomic mass is 9.78. The van der Waals surface area contributed by atoms with E-state index >= 15 is 0 Å². The summed E-state index contributed by atoms with van der Waals surface area (Å²) in [5, 5.41) is 12.6. The van der Waals surface area contributed by atoms with Crippen LogP contribution >= 0.6 is 0 Å². The number of nitrogens with one attached hydrogen (secondary N) is 1. The van der Waals surface area contributed by atoms with Gasteiger partial charge in [-0.1, -0.05) is 6.92 Å². The zero-order valence-electron chi connectivity index (χ0n) is 19.3. The van der Waals surface area contributed by atoms with Gasteiger partial charge in [0.1, 0.15) is 5.82 Å². The summed E-state index contributed by atoms with van der Waals surface area (Å²) in [5.41, 5.74) is 1.25. The molecule has 0 unspecified atom stereocenters. The third-order valence-electron chi connectivity index (χ3n) is 7.26. The van der Waals surface area contributed by atoms with Gasteiger partial charge in [0.05, 0.1) is 30.0 Å². The largest absolute Gasteiger partial charge is 0.449 e. The number of pyridine rings is 1. The highest BCUT2D eigenvalue weighted by molar-refractivity contribution is 5.86. The zero-order valence-corrected chi connectivity index (χ0v) is 19.3. The van der Waals surface area contributed by atoms with E-state index in [4.69, 9.17) is 4.74 Å². The second kappa shape index (κ2) is 9.65. The Morgan fingerprint density at radius 2 is 2.06 bits per heavy atom. The van der Waals surface area contributed by atoms with E-state index < -0.39 is 6.09 Å². The highest BCUT2D eigenvalue weighted by Gasteiger charge is 2.50. The Morgan fingerprint density at radius 3 is 2.78 bits per heavy atom. The smallest absolute Gasteiger partial charge is 0.411 e. The van der Waals surface area contributed by atoms with Crippen LogP contribution in [0.1, 0.15) is 63.9 Å². The number of anilines is 2. The predicted octanol–water partition coefficient (Wildman–Crippen LogP) is 3.47. The first kappa shape index (κ1) is 22.8. The van der Waals surface area contributed by atoms with Gasteiger partial charge in [-0.25, -0.2) is 9.78 Å². The van der Waals surface area contributed by atoms with Crippen molar-refractivity contribution in [1.29, 1.82) is 0 Å². The number of amides is 2. The number of carbonyl (C=O) groups is 2. The van der Waals surface area contributed by atoms with Crippen molar-refractivity contribution in [2.24, 2.45) is 5.41 Å². The molecular weight excluding hydrogens is 408 g/mol. The molecule has 3 heterocycles. The van der Waals surface area contributed by atoms with Crippen molar-refractivity contribution in [2.75, 3.05) is 36.5 Å². The van der Waals surface area contributed by atoms with Crippen molar-refractivity contribution in [1.82, 2.24) is 9.88 Å². The Labute approximate surface area is 190 Å². The molecule has 1 spiro atoms. The minimum Gasteiger partial charge on any atom is -0.449 e. The number of aromatic nitrogens is 1. The lowest BCUT2D eigenvalue weighted by Crippen LogP contribution is -2.50. The minimum absolute atomic E-state index is 0.205. The predicted molar refractivity (Wildman–Crippen MR) is 123 cm³/mol. The first-order valence-electron chi connectivity index (χ1n) is 12.1. The van der Waals surface area contributed by atoms with E-state index in [0.717, 1.165) is 75.8 Å². The van der Waals surface area contributed by atoms with Crippen LogP contribution in [0, 0.1) is 12.3 Å². The number of ether oxygens (including phenoxy) is 1. The van der Waals surface area contributed by atoms with Crippen molar-refractivity contribution in [2.45, 2.75) is 77.4 Å². The molecular formula is C24H36N4O4. The van der Waals surface area contributed by atoms with Crippen molar-refractivity contribution in [3.8, 4) is 0 Å². The molecule has 8 heteroatoms. The molecule has 1 saturated carbocycles. The van der Waals surface area contributed by atoms with Crippen molar-refractivity contribution in [3.05, 3.63) is 17.8 Å². The highest BCUT2D eigenvalue weighted by atomic mass is 16.5. The van der Waals surface area contributed by atoms with Crippen LogP contribution in [-0.2, 0) is 9.53 Å². The summed E-state index contributed by atoms with van der Waals surface area (Å²) in [7, 11) is 0. The zero-order chi connectivity index (χ0) is 22.7. The third-order valence-corrected chi connectivity index (χ3v) is 7.26. The van der Waals surface area contributed by atoms with Crippen LogP contribution in [0.5, 0.6) is 0 Å². The summed E-state index contributed by atoms with van der Waals surface area (Å²) in [6.07, 6.45) is 7.95. The maximum absolute atomic E-state index is 13.5. The van der Waals surface area contributed by atoms with E-state index in [1.54, 1.807) is 6.20 Å². The quantitative estimate of drug-likeness (QED) is 0.722. The maximum atomic E-state index is 13.5. The second-order valence-corrected chi connectivity index (χ2v) is 9.64. The Bertz CT molecular complexity index is 839. The molecule has 176 valence electrons. The number of carbonyl (C=O) groups excluding carboxylic acids is 2. The maximum Gasteiger partial charge on any atom is 0.411 e. The van der Waals surface area contributed by atoms with Gasteiger partial charge >= 0.3 is 6.09 Å². The molecule has 1 aliphatic carbocycles. The lowest BCUT2D eigenvalue weighted by molar-refractivity contribution is -0.139. The van der Waals surface area contributed by atoms with E-state index in [0.29, 0.717) is 18.8 Å². The molecule has 8 nitrogen and oxygen atoms in total. The lowest BCUT2D eigenvalue weighted by Gasteiger charge is -2.41. The summed E-state index contributed by atoms with van der Waals surface area (Å²) >= 11 is 0. The Kier molecular flexibility index (Phi) is 6.88. The normalized spacial score (nSPS) is 28.3. The number of piperidine rings is 1. The molecule has 2 saturated heterocycles. The molecule has 0 aromatic carbocycles. The summed E-state index contributed by atoms with van der Waals surface area (Å²) in [6.45, 7) is 6.72. The summed E-state index contributed by atoms with van der Waals surface area (Å²) in [5.74, 6) is 1.17. The summed E-state index contributed by atoms with van der Waals surface area (Å²) in [4.78, 5) is 34.3. The summed E-state index contributed by atoms with van der Waals surface area (Å²) in [6, 6.07) is 2.19. The highest BCUT2D eigenvalue weighted by Crippen LogP contribution is 2.43. The van der Waals surface area contributed by atoms with E-state index in [2.05, 4.69) is 20.1 Å². The topological polar surface area (TPSA) is 95.0 Å². The SMILES string of the molecule is CCCOC(=O)Nc1cnc(N2CCC[C@]3(CCN([C@H]4CC[C@H](O)CC4)C3=O)C2)c(C)c1. The molecule has 1 aromatic rings. The van der Waals surface area contributed by atoms with Gasteiger partial charge in [-0.05, 0) is 69.9 Å². The third kappa shape index (κ3) is 4.70. The van der Waals surface area contributed by atoms with Crippen molar-refractivity contribution < 1.29 is 19.4 Å². The molecule has 3 aliphatic rings. The molecule has 1 aromatic heterocycles. The fourth-order valence-electron chi connectivity index (χ4n) is 5.57. The van der Waals surface area contributed by atoms with Gasteiger partial charge in [0.25, 0.3) is 0 Å². The van der Waals surface area contributed by atoms with Crippen LogP contribution in [0.15, 0.2) is 12.3 Å². The molecule has 3 fully saturated rings. The molecule has 0 radical (unpaired) electrons. The first-order valence-corrected chi connectivity index (χ1v) is 12.1. The first-order chi connectivity index (χ1) is 15.4. The Hall–Kier alpha value is -2.35. The van der Waals surface area contributed by atoms with E-state index in [1.165, 1.54) is 0 Å². The summed E-state index contributed by atoms with van der Waals surface area (Å²) < 4.78 is 5.08.